The molecule has 0 fully saturated rings. The first kappa shape index (κ1) is 14.0. The van der Waals surface area contributed by atoms with Crippen molar-refractivity contribution in [1.82, 2.24) is 5.32 Å². The lowest BCUT2D eigenvalue weighted by Crippen LogP contribution is -2.40. The first-order valence-electron chi connectivity index (χ1n) is 5.86. The van der Waals surface area contributed by atoms with Gasteiger partial charge in [0.15, 0.2) is 0 Å². The SMILES string of the molecule is CCC(CC)NC(c1ccccc1)C(F)(F)F. The Bertz CT molecular complexity index is 317. The van der Waals surface area contributed by atoms with Crippen LogP contribution in [0.1, 0.15) is 38.3 Å². The fourth-order valence-corrected chi connectivity index (χ4v) is 1.79. The molecule has 1 nitrogen and oxygen atoms in total. The van der Waals surface area contributed by atoms with E-state index in [0.29, 0.717) is 12.8 Å². The van der Waals surface area contributed by atoms with Crippen LogP contribution in [0.4, 0.5) is 13.2 Å². The summed E-state index contributed by atoms with van der Waals surface area (Å²) in [5, 5.41) is 2.68. The highest BCUT2D eigenvalue weighted by Gasteiger charge is 2.41. The van der Waals surface area contributed by atoms with Crippen LogP contribution in [0.25, 0.3) is 0 Å². The van der Waals surface area contributed by atoms with Crippen molar-refractivity contribution in [3.63, 3.8) is 0 Å². The maximum atomic E-state index is 13.0. The molecule has 17 heavy (non-hydrogen) atoms. The largest absolute Gasteiger partial charge is 0.407 e. The van der Waals surface area contributed by atoms with Gasteiger partial charge in [0, 0.05) is 6.04 Å². The average Bonchev–Trinajstić information content (AvgIpc) is 2.30. The summed E-state index contributed by atoms with van der Waals surface area (Å²) < 4.78 is 38.9. The number of rotatable bonds is 5. The summed E-state index contributed by atoms with van der Waals surface area (Å²) in [6.45, 7) is 3.78. The number of hydrogen-bond donors (Lipinski definition) is 1. The molecule has 1 atom stereocenters. The number of halogens is 3. The van der Waals surface area contributed by atoms with Crippen molar-refractivity contribution in [3.05, 3.63) is 35.9 Å². The molecule has 0 aliphatic heterocycles. The Hall–Kier alpha value is -1.03. The second-order valence-electron chi connectivity index (χ2n) is 4.07. The van der Waals surface area contributed by atoms with Gasteiger partial charge in [-0.15, -0.1) is 0 Å². The van der Waals surface area contributed by atoms with Crippen LogP contribution in [0, 0.1) is 0 Å². The van der Waals surface area contributed by atoms with E-state index in [1.54, 1.807) is 18.2 Å². The van der Waals surface area contributed by atoms with Gasteiger partial charge in [-0.3, -0.25) is 5.32 Å². The van der Waals surface area contributed by atoms with Gasteiger partial charge in [0.25, 0.3) is 0 Å². The quantitative estimate of drug-likeness (QED) is 0.824. The molecule has 0 saturated heterocycles. The molecule has 0 spiro atoms. The lowest BCUT2D eigenvalue weighted by Gasteiger charge is -2.26. The molecule has 0 radical (unpaired) electrons. The van der Waals surface area contributed by atoms with Crippen LogP contribution in [-0.4, -0.2) is 12.2 Å². The summed E-state index contributed by atoms with van der Waals surface area (Å²) in [5.74, 6) is 0. The van der Waals surface area contributed by atoms with E-state index in [2.05, 4.69) is 5.32 Å². The Morgan fingerprint density at radius 1 is 1.06 bits per heavy atom. The third-order valence-electron chi connectivity index (χ3n) is 2.85. The molecule has 0 amide bonds. The fraction of sp³-hybridized carbons (Fsp3) is 0.538. The van der Waals surface area contributed by atoms with Crippen LogP contribution >= 0.6 is 0 Å². The summed E-state index contributed by atoms with van der Waals surface area (Å²) in [7, 11) is 0. The first-order valence-corrected chi connectivity index (χ1v) is 5.86. The van der Waals surface area contributed by atoms with Crippen molar-refractivity contribution >= 4 is 0 Å². The molecule has 1 aromatic carbocycles. The second kappa shape index (κ2) is 6.05. The standard InChI is InChI=1S/C13H18F3N/c1-3-11(4-2)17-12(13(14,15)16)10-8-6-5-7-9-10/h5-9,11-12,17H,3-4H2,1-2H3. The topological polar surface area (TPSA) is 12.0 Å². The van der Waals surface area contributed by atoms with Crippen LogP contribution < -0.4 is 5.32 Å². The highest BCUT2D eigenvalue weighted by atomic mass is 19.4. The predicted molar refractivity (Wildman–Crippen MR) is 62.7 cm³/mol. The van der Waals surface area contributed by atoms with Crippen LogP contribution in [0.2, 0.25) is 0 Å². The van der Waals surface area contributed by atoms with Crippen molar-refractivity contribution in [2.75, 3.05) is 0 Å². The van der Waals surface area contributed by atoms with Gasteiger partial charge in [-0.2, -0.15) is 13.2 Å². The normalized spacial score (nSPS) is 14.0. The fourth-order valence-electron chi connectivity index (χ4n) is 1.79. The number of alkyl halides is 3. The Morgan fingerprint density at radius 2 is 1.59 bits per heavy atom. The van der Waals surface area contributed by atoms with Crippen LogP contribution in [-0.2, 0) is 0 Å². The monoisotopic (exact) mass is 245 g/mol. The Morgan fingerprint density at radius 3 is 2.00 bits per heavy atom. The van der Waals surface area contributed by atoms with Gasteiger partial charge in [-0.05, 0) is 18.4 Å². The molecule has 96 valence electrons. The van der Waals surface area contributed by atoms with E-state index in [1.165, 1.54) is 12.1 Å². The second-order valence-corrected chi connectivity index (χ2v) is 4.07. The molecule has 0 bridgehead atoms. The smallest absolute Gasteiger partial charge is 0.300 e. The molecule has 0 aliphatic rings. The lowest BCUT2D eigenvalue weighted by molar-refractivity contribution is -0.159. The van der Waals surface area contributed by atoms with Crippen LogP contribution in [0.5, 0.6) is 0 Å². The van der Waals surface area contributed by atoms with Gasteiger partial charge in [-0.25, -0.2) is 0 Å². The minimum absolute atomic E-state index is 0.109. The van der Waals surface area contributed by atoms with Gasteiger partial charge >= 0.3 is 6.18 Å². The third kappa shape index (κ3) is 4.04. The first-order chi connectivity index (χ1) is 7.99. The molecule has 0 saturated carbocycles. The predicted octanol–water partition coefficient (Wildman–Crippen LogP) is 4.07. The molecule has 1 rings (SSSR count). The maximum absolute atomic E-state index is 13.0. The van der Waals surface area contributed by atoms with Crippen molar-refractivity contribution in [2.45, 2.75) is 44.9 Å². The van der Waals surface area contributed by atoms with Crippen molar-refractivity contribution in [1.29, 1.82) is 0 Å². The average molecular weight is 245 g/mol. The van der Waals surface area contributed by atoms with E-state index < -0.39 is 12.2 Å². The molecule has 1 aromatic rings. The summed E-state index contributed by atoms with van der Waals surface area (Å²) in [5.41, 5.74) is 0.270. The number of hydrogen-bond acceptors (Lipinski definition) is 1. The zero-order chi connectivity index (χ0) is 12.9. The molecule has 0 aromatic heterocycles. The minimum Gasteiger partial charge on any atom is -0.300 e. The van der Waals surface area contributed by atoms with Gasteiger partial charge in [-0.1, -0.05) is 44.2 Å². The van der Waals surface area contributed by atoms with E-state index in [4.69, 9.17) is 0 Å². The van der Waals surface area contributed by atoms with E-state index in [1.807, 2.05) is 13.8 Å². The maximum Gasteiger partial charge on any atom is 0.407 e. The van der Waals surface area contributed by atoms with Crippen LogP contribution in [0.15, 0.2) is 30.3 Å². The van der Waals surface area contributed by atoms with E-state index >= 15 is 0 Å². The van der Waals surface area contributed by atoms with Crippen molar-refractivity contribution < 1.29 is 13.2 Å². The molecule has 0 heterocycles. The van der Waals surface area contributed by atoms with E-state index in [-0.39, 0.29) is 11.6 Å². The molecule has 0 aliphatic carbocycles. The molecule has 1 N–H and O–H groups in total. The Balaban J connectivity index is 2.90. The van der Waals surface area contributed by atoms with Crippen molar-refractivity contribution in [3.8, 4) is 0 Å². The summed E-state index contributed by atoms with van der Waals surface area (Å²) >= 11 is 0. The zero-order valence-electron chi connectivity index (χ0n) is 10.1. The molecular formula is C13H18F3N. The number of benzene rings is 1. The molecule has 1 unspecified atom stereocenters. The van der Waals surface area contributed by atoms with Crippen molar-refractivity contribution in [2.24, 2.45) is 0 Å². The van der Waals surface area contributed by atoms with Gasteiger partial charge in [0.2, 0.25) is 0 Å². The zero-order valence-corrected chi connectivity index (χ0v) is 10.1. The van der Waals surface area contributed by atoms with Gasteiger partial charge in [0.05, 0.1) is 0 Å². The van der Waals surface area contributed by atoms with Crippen LogP contribution in [0.3, 0.4) is 0 Å². The van der Waals surface area contributed by atoms with E-state index in [0.717, 1.165) is 0 Å². The third-order valence-corrected chi connectivity index (χ3v) is 2.85. The summed E-state index contributed by atoms with van der Waals surface area (Å²) in [6.07, 6.45) is -2.88. The number of nitrogens with one attached hydrogen (secondary N) is 1. The minimum atomic E-state index is -4.26. The Labute approximate surface area is 100 Å². The van der Waals surface area contributed by atoms with Gasteiger partial charge in [0.1, 0.15) is 6.04 Å². The molecular weight excluding hydrogens is 227 g/mol. The lowest BCUT2D eigenvalue weighted by atomic mass is 10.0. The van der Waals surface area contributed by atoms with E-state index in [9.17, 15) is 13.2 Å². The molecule has 4 heteroatoms. The summed E-state index contributed by atoms with van der Waals surface area (Å²) in [4.78, 5) is 0. The van der Waals surface area contributed by atoms with Gasteiger partial charge < -0.3 is 0 Å². The Kier molecular flexibility index (Phi) is 5.00. The highest BCUT2D eigenvalue weighted by Crippen LogP contribution is 2.33. The highest BCUT2D eigenvalue weighted by molar-refractivity contribution is 5.20. The summed E-state index contributed by atoms with van der Waals surface area (Å²) in [6, 6.07) is 6.30.